The first-order chi connectivity index (χ1) is 36.0. The Morgan fingerprint density at radius 3 is 0.960 bits per heavy atom. The average molecular weight is 1060 g/mol. The van der Waals surface area contributed by atoms with Crippen molar-refractivity contribution in [1.29, 1.82) is 0 Å². The molecule has 75 heavy (non-hydrogen) atoms. The van der Waals surface area contributed by atoms with Gasteiger partial charge in [0.15, 0.2) is 0 Å². The van der Waals surface area contributed by atoms with Crippen LogP contribution in [0.15, 0.2) is 37.6 Å². The number of nitrogens with two attached hydrogens (primary N) is 6. The molecule has 0 fully saturated rings. The number of primary amides is 1. The third-order valence-electron chi connectivity index (χ3n) is 11.9. The highest BCUT2D eigenvalue weighted by atomic mass is 16.4. The van der Waals surface area contributed by atoms with E-state index in [-0.39, 0.29) is 58.0 Å². The molecule has 8 atom stereocenters. The maximum absolute atomic E-state index is 14.5. The summed E-state index contributed by atoms with van der Waals surface area (Å²) in [5, 5.41) is 28.4. The number of aromatic nitrogens is 6. The van der Waals surface area contributed by atoms with Crippen molar-refractivity contribution < 1.29 is 48.3 Å². The van der Waals surface area contributed by atoms with Crippen molar-refractivity contribution in [2.24, 2.45) is 34.4 Å². The molecule has 29 heteroatoms. The Bertz CT molecular complexity index is 2210. The van der Waals surface area contributed by atoms with Crippen LogP contribution in [0.25, 0.3) is 0 Å². The number of carboxylic acid groups (broad SMARTS) is 1. The van der Waals surface area contributed by atoms with E-state index in [1.165, 1.54) is 37.6 Å². The van der Waals surface area contributed by atoms with Gasteiger partial charge in [0.1, 0.15) is 42.3 Å². The highest BCUT2D eigenvalue weighted by molar-refractivity contribution is 5.98. The minimum Gasteiger partial charge on any atom is -0.480 e. The largest absolute Gasteiger partial charge is 0.480 e. The monoisotopic (exact) mass is 1060 g/mol. The van der Waals surface area contributed by atoms with Gasteiger partial charge in [0.25, 0.3) is 0 Å². The fourth-order valence-corrected chi connectivity index (χ4v) is 7.72. The number of nitrogens with one attached hydrogen (secondary N) is 10. The highest BCUT2D eigenvalue weighted by Gasteiger charge is 2.35. The van der Waals surface area contributed by atoms with Gasteiger partial charge in [-0.15, -0.1) is 0 Å². The molecule has 416 valence electrons. The number of nitrogens with zero attached hydrogens (tertiary/aromatic N) is 3. The number of carbonyl (C=O) groups excluding carboxylic acids is 8. The lowest BCUT2D eigenvalue weighted by molar-refractivity contribution is -0.142. The van der Waals surface area contributed by atoms with Crippen LogP contribution in [0.3, 0.4) is 0 Å². The maximum atomic E-state index is 14.5. The van der Waals surface area contributed by atoms with Crippen LogP contribution in [0.1, 0.15) is 101 Å². The van der Waals surface area contributed by atoms with E-state index in [2.05, 4.69) is 67.1 Å². The lowest BCUT2D eigenvalue weighted by Crippen LogP contribution is -2.60. The number of hydrogen-bond donors (Lipinski definition) is 17. The van der Waals surface area contributed by atoms with Crippen LogP contribution < -0.4 is 71.6 Å². The van der Waals surface area contributed by atoms with E-state index in [4.69, 9.17) is 34.4 Å². The van der Waals surface area contributed by atoms with Crippen molar-refractivity contribution in [3.05, 3.63) is 54.7 Å². The molecule has 0 saturated heterocycles. The maximum Gasteiger partial charge on any atom is 0.326 e. The van der Waals surface area contributed by atoms with Gasteiger partial charge in [0.2, 0.25) is 47.3 Å². The number of imidazole rings is 3. The van der Waals surface area contributed by atoms with Crippen molar-refractivity contribution in [3.63, 3.8) is 0 Å². The second kappa shape index (κ2) is 34.2. The van der Waals surface area contributed by atoms with Gasteiger partial charge in [-0.1, -0.05) is 0 Å². The van der Waals surface area contributed by atoms with Gasteiger partial charge < -0.3 is 91.7 Å². The number of aliphatic carboxylic acids is 1. The molecule has 0 bridgehead atoms. The van der Waals surface area contributed by atoms with E-state index in [0.717, 1.165) is 0 Å². The Kier molecular flexibility index (Phi) is 28.3. The summed E-state index contributed by atoms with van der Waals surface area (Å²) >= 11 is 0. The van der Waals surface area contributed by atoms with Crippen LogP contribution in [0.4, 0.5) is 0 Å². The number of hydrogen-bond acceptors (Lipinski definition) is 17. The summed E-state index contributed by atoms with van der Waals surface area (Å²) in [7, 11) is 0. The SMILES string of the molecule is NCCCC[C@H](NC(=O)[C@H](Cc1c[nH]cn1)NC(=O)[C@H](CCCCN)NC(=O)[C@H](Cc1c[nH]cn1)NC(=O)[C@H](CCCCN)NC(=O)[C@H](Cc1c[nH]cn1)NC(=O)[C@H](CCCCN)NC(=O)[C@@H](N)CC(N)=O)C(=O)O. The van der Waals surface area contributed by atoms with Crippen molar-refractivity contribution in [2.75, 3.05) is 26.2 Å². The molecule has 23 N–H and O–H groups in total. The topological polar surface area (TPSA) is 500 Å². The quantitative estimate of drug-likeness (QED) is 0.0238. The minimum atomic E-state index is -1.43. The molecule has 3 aromatic rings. The number of aromatic amines is 3. The molecule has 0 aromatic carbocycles. The summed E-state index contributed by atoms with van der Waals surface area (Å²) in [5.41, 5.74) is 35.0. The zero-order valence-electron chi connectivity index (χ0n) is 42.2. The summed E-state index contributed by atoms with van der Waals surface area (Å²) in [6.07, 6.45) is 11.2. The van der Waals surface area contributed by atoms with Gasteiger partial charge in [-0.2, -0.15) is 0 Å². The predicted octanol–water partition coefficient (Wildman–Crippen LogP) is -4.92. The molecule has 0 aliphatic heterocycles. The minimum absolute atomic E-state index is 0.0173. The molecular formula is C46H77N19O10. The molecule has 3 rings (SSSR count). The Labute approximate surface area is 433 Å². The van der Waals surface area contributed by atoms with Crippen LogP contribution in [-0.4, -0.2) is 163 Å². The Morgan fingerprint density at radius 2 is 0.693 bits per heavy atom. The van der Waals surface area contributed by atoms with E-state index in [0.29, 0.717) is 81.5 Å². The third-order valence-corrected chi connectivity index (χ3v) is 11.9. The van der Waals surface area contributed by atoms with Crippen molar-refractivity contribution in [3.8, 4) is 0 Å². The van der Waals surface area contributed by atoms with E-state index < -0.39 is 108 Å². The summed E-state index contributed by atoms with van der Waals surface area (Å²) in [4.78, 5) is 143. The number of amides is 8. The summed E-state index contributed by atoms with van der Waals surface area (Å²) in [6, 6.07) is -10.7. The van der Waals surface area contributed by atoms with E-state index in [9.17, 15) is 48.3 Å². The Morgan fingerprint density at radius 1 is 0.427 bits per heavy atom. The van der Waals surface area contributed by atoms with Gasteiger partial charge in [0, 0.05) is 37.9 Å². The third kappa shape index (κ3) is 23.2. The lowest BCUT2D eigenvalue weighted by Gasteiger charge is -2.28. The van der Waals surface area contributed by atoms with E-state index in [1.54, 1.807) is 0 Å². The standard InChI is InChI=1S/C46H77N19O10/c47-13-5-1-9-31(59-39(67)30(51)20-38(52)66)40(68)63-35(17-27-21-53-24-56-27)43(71)60-32(10-2-6-14-48)41(69)64-36(18-28-22-54-25-57-28)44(72)61-33(11-3-7-15-49)42(70)65-37(19-29-23-55-26-58-29)45(73)62-34(46(74)75)12-4-8-16-50/h21-26,30-37H,1-20,47-51H2,(H2,52,66)(H,53,56)(H,54,57)(H,55,58)(H,59,67)(H,60,71)(H,61,72)(H,62,73)(H,63,68)(H,64,69)(H,65,70)(H,74,75)/t30-,31-,32-,33-,34-,35-,36-,37-/m0/s1. The van der Waals surface area contributed by atoms with Gasteiger partial charge in [0.05, 0.1) is 48.5 Å². The lowest BCUT2D eigenvalue weighted by atomic mass is 10.0. The van der Waals surface area contributed by atoms with Crippen molar-refractivity contribution >= 4 is 53.2 Å². The summed E-state index contributed by atoms with van der Waals surface area (Å²) < 4.78 is 0. The number of rotatable bonds is 39. The van der Waals surface area contributed by atoms with Crippen LogP contribution >= 0.6 is 0 Å². The summed E-state index contributed by atoms with van der Waals surface area (Å²) in [6.45, 7) is 1.12. The van der Waals surface area contributed by atoms with E-state index in [1.807, 2.05) is 0 Å². The number of H-pyrrole nitrogens is 3. The van der Waals surface area contributed by atoms with Gasteiger partial charge in [-0.25, -0.2) is 19.7 Å². The second-order valence-electron chi connectivity index (χ2n) is 18.0. The molecule has 0 saturated carbocycles. The Hall–Kier alpha value is -7.34. The fourth-order valence-electron chi connectivity index (χ4n) is 7.72. The molecule has 0 radical (unpaired) electrons. The highest BCUT2D eigenvalue weighted by Crippen LogP contribution is 2.11. The number of carbonyl (C=O) groups is 9. The molecule has 0 aliphatic carbocycles. The molecule has 0 spiro atoms. The first-order valence-corrected chi connectivity index (χ1v) is 25.1. The molecular weight excluding hydrogens is 979 g/mol. The first-order valence-electron chi connectivity index (χ1n) is 25.1. The van der Waals surface area contributed by atoms with Gasteiger partial charge in [-0.05, 0) is 103 Å². The number of unbranched alkanes of at least 4 members (excludes halogenated alkanes) is 4. The molecule has 0 unspecified atom stereocenters. The van der Waals surface area contributed by atoms with Crippen LogP contribution in [0.2, 0.25) is 0 Å². The number of carboxylic acids is 1. The molecule has 3 heterocycles. The predicted molar refractivity (Wildman–Crippen MR) is 271 cm³/mol. The smallest absolute Gasteiger partial charge is 0.326 e. The molecule has 8 amide bonds. The van der Waals surface area contributed by atoms with E-state index >= 15 is 0 Å². The first kappa shape index (κ1) is 62.0. The van der Waals surface area contributed by atoms with Crippen LogP contribution in [0.5, 0.6) is 0 Å². The molecule has 29 nitrogen and oxygen atoms in total. The second-order valence-corrected chi connectivity index (χ2v) is 18.0. The van der Waals surface area contributed by atoms with Gasteiger partial charge in [-0.3, -0.25) is 38.4 Å². The fraction of sp³-hybridized carbons (Fsp3) is 0.609. The van der Waals surface area contributed by atoms with Crippen molar-refractivity contribution in [1.82, 2.24) is 67.1 Å². The molecule has 0 aliphatic rings. The van der Waals surface area contributed by atoms with Crippen LogP contribution in [0, 0.1) is 0 Å². The average Bonchev–Trinajstić information content (AvgIpc) is 4.20. The van der Waals surface area contributed by atoms with Crippen LogP contribution in [-0.2, 0) is 62.4 Å². The summed E-state index contributed by atoms with van der Waals surface area (Å²) in [5.74, 6) is -7.85. The van der Waals surface area contributed by atoms with Gasteiger partial charge >= 0.3 is 5.97 Å². The molecule has 3 aromatic heterocycles. The zero-order valence-corrected chi connectivity index (χ0v) is 42.2. The zero-order chi connectivity index (χ0) is 55.1. The normalized spacial score (nSPS) is 14.4. The Balaban J connectivity index is 1.93. The van der Waals surface area contributed by atoms with Crippen molar-refractivity contribution in [2.45, 2.75) is 151 Å².